The molecule has 0 radical (unpaired) electrons. The number of non-ortho nitro benzene ring substituents is 1. The van der Waals surface area contributed by atoms with E-state index in [-0.39, 0.29) is 37.5 Å². The summed E-state index contributed by atoms with van der Waals surface area (Å²) in [5.74, 6) is -1.92. The number of nitro benzene ring substituents is 1. The second-order valence-electron chi connectivity index (χ2n) is 8.45. The Morgan fingerprint density at radius 1 is 1.13 bits per heavy atom. The fraction of sp³-hybridized carbons (Fsp3) is 0.308. The smallest absolute Gasteiger partial charge is 0.408 e. The molecule has 12 heteroatoms. The highest BCUT2D eigenvalue weighted by molar-refractivity contribution is 7.14. The Hall–Kier alpha value is -3.90. The number of thiophene rings is 1. The van der Waals surface area contributed by atoms with Gasteiger partial charge in [0.05, 0.1) is 23.8 Å². The number of nitro groups is 1. The van der Waals surface area contributed by atoms with Crippen molar-refractivity contribution >= 4 is 29.1 Å². The predicted octanol–water partition coefficient (Wildman–Crippen LogP) is 5.52. The van der Waals surface area contributed by atoms with E-state index in [1.807, 2.05) is 0 Å². The Bertz CT molecular complexity index is 1280. The van der Waals surface area contributed by atoms with Gasteiger partial charge in [-0.2, -0.15) is 0 Å². The van der Waals surface area contributed by atoms with Gasteiger partial charge in [-0.05, 0) is 56.3 Å². The molecule has 0 aliphatic rings. The Morgan fingerprint density at radius 3 is 2.39 bits per heavy atom. The zero-order valence-electron chi connectivity index (χ0n) is 21.0. The number of carbonyl (C=O) groups excluding carboxylic acids is 2. The second-order valence-corrected chi connectivity index (χ2v) is 9.33. The molecule has 9 nitrogen and oxygen atoms in total. The van der Waals surface area contributed by atoms with E-state index in [2.05, 4.69) is 5.32 Å². The lowest BCUT2D eigenvalue weighted by Crippen LogP contribution is -2.37. The van der Waals surface area contributed by atoms with Crippen LogP contribution in [0.15, 0.2) is 47.8 Å². The van der Waals surface area contributed by atoms with Gasteiger partial charge in [0.15, 0.2) is 0 Å². The Balaban J connectivity index is 1.66. The Labute approximate surface area is 222 Å². The van der Waals surface area contributed by atoms with Crippen LogP contribution >= 0.6 is 11.3 Å². The van der Waals surface area contributed by atoms with Gasteiger partial charge in [0.1, 0.15) is 17.7 Å². The number of rotatable bonds is 11. The van der Waals surface area contributed by atoms with E-state index in [4.69, 9.17) is 9.47 Å². The van der Waals surface area contributed by atoms with Crippen LogP contribution in [0.5, 0.6) is 0 Å². The van der Waals surface area contributed by atoms with Crippen LogP contribution in [0.1, 0.15) is 35.3 Å². The third kappa shape index (κ3) is 7.33. The molecule has 0 spiro atoms. The number of halogens is 2. The van der Waals surface area contributed by atoms with Gasteiger partial charge >= 0.3 is 12.1 Å². The van der Waals surface area contributed by atoms with E-state index in [1.54, 1.807) is 36.4 Å². The molecule has 0 aliphatic carbocycles. The molecule has 202 valence electrons. The number of nitrogens with zero attached hydrogens (tertiary/aromatic N) is 2. The highest BCUT2D eigenvalue weighted by Crippen LogP contribution is 2.35. The van der Waals surface area contributed by atoms with Gasteiger partial charge in [-0.1, -0.05) is 6.07 Å². The number of benzene rings is 2. The van der Waals surface area contributed by atoms with Crippen LogP contribution in [0.3, 0.4) is 0 Å². The number of amides is 1. The number of ether oxygens (including phenoxy) is 2. The van der Waals surface area contributed by atoms with Gasteiger partial charge in [0.2, 0.25) is 0 Å². The summed E-state index contributed by atoms with van der Waals surface area (Å²) in [4.78, 5) is 37.8. The first-order valence-electron chi connectivity index (χ1n) is 11.7. The maximum atomic E-state index is 13.9. The summed E-state index contributed by atoms with van der Waals surface area (Å²) >= 11 is 1.31. The van der Waals surface area contributed by atoms with Crippen LogP contribution in [-0.2, 0) is 22.4 Å². The van der Waals surface area contributed by atoms with Crippen molar-refractivity contribution in [2.45, 2.75) is 32.9 Å². The fourth-order valence-corrected chi connectivity index (χ4v) is 4.77. The quantitative estimate of drug-likeness (QED) is 0.146. The van der Waals surface area contributed by atoms with Crippen LogP contribution in [0.2, 0.25) is 0 Å². The number of nitrogens with one attached hydrogen (secondary N) is 1. The monoisotopic (exact) mass is 547 g/mol. The zero-order chi connectivity index (χ0) is 27.8. The number of hydrogen-bond acceptors (Lipinski definition) is 8. The molecule has 1 heterocycles. The maximum absolute atomic E-state index is 13.9. The molecule has 1 unspecified atom stereocenters. The first kappa shape index (κ1) is 28.7. The minimum atomic E-state index is -0.785. The number of alkyl carbamates (subject to hydrolysis) is 1. The normalized spacial score (nSPS) is 11.7. The third-order valence-electron chi connectivity index (χ3n) is 5.51. The molecule has 3 rings (SSSR count). The molecule has 1 aromatic heterocycles. The second kappa shape index (κ2) is 13.1. The summed E-state index contributed by atoms with van der Waals surface area (Å²) in [6.07, 6.45) is -1.68. The van der Waals surface area contributed by atoms with Crippen molar-refractivity contribution in [2.24, 2.45) is 0 Å². The zero-order valence-corrected chi connectivity index (χ0v) is 21.8. The molecule has 2 aromatic carbocycles. The molecular weight excluding hydrogens is 520 g/mol. The largest absolute Gasteiger partial charge is 0.462 e. The topological polar surface area (TPSA) is 111 Å². The van der Waals surface area contributed by atoms with E-state index < -0.39 is 34.7 Å². The molecule has 38 heavy (non-hydrogen) atoms. The molecule has 3 aromatic rings. The van der Waals surface area contributed by atoms with Crippen molar-refractivity contribution in [1.82, 2.24) is 10.2 Å². The lowest BCUT2D eigenvalue weighted by molar-refractivity contribution is -0.384. The molecule has 0 saturated carbocycles. The molecule has 1 amide bonds. The Morgan fingerprint density at radius 2 is 1.79 bits per heavy atom. The van der Waals surface area contributed by atoms with Crippen molar-refractivity contribution in [3.63, 3.8) is 0 Å². The van der Waals surface area contributed by atoms with Gasteiger partial charge in [-0.25, -0.2) is 18.4 Å². The molecular formula is C26H27F2N3O6S. The lowest BCUT2D eigenvalue weighted by Gasteiger charge is -2.20. The highest BCUT2D eigenvalue weighted by Gasteiger charge is 2.22. The average molecular weight is 548 g/mol. The van der Waals surface area contributed by atoms with Crippen molar-refractivity contribution in [3.05, 3.63) is 86.3 Å². The number of hydrogen-bond donors (Lipinski definition) is 1. The molecule has 0 fully saturated rings. The van der Waals surface area contributed by atoms with Crippen LogP contribution < -0.4 is 5.32 Å². The van der Waals surface area contributed by atoms with Gasteiger partial charge in [0.25, 0.3) is 5.69 Å². The minimum absolute atomic E-state index is 0.0391. The van der Waals surface area contributed by atoms with Gasteiger partial charge in [0, 0.05) is 40.9 Å². The van der Waals surface area contributed by atoms with Crippen molar-refractivity contribution in [3.8, 4) is 10.4 Å². The fourth-order valence-electron chi connectivity index (χ4n) is 3.70. The van der Waals surface area contributed by atoms with Gasteiger partial charge in [-0.3, -0.25) is 15.0 Å². The summed E-state index contributed by atoms with van der Waals surface area (Å²) in [6, 6.07) is 9.53. The summed E-state index contributed by atoms with van der Waals surface area (Å²) in [6.45, 7) is 3.70. The van der Waals surface area contributed by atoms with E-state index in [0.29, 0.717) is 16.7 Å². The van der Waals surface area contributed by atoms with E-state index in [0.717, 1.165) is 17.0 Å². The van der Waals surface area contributed by atoms with E-state index in [1.165, 1.54) is 36.5 Å². The first-order chi connectivity index (χ1) is 18.1. The molecule has 0 bridgehead atoms. The van der Waals surface area contributed by atoms with E-state index >= 15 is 0 Å². The van der Waals surface area contributed by atoms with Crippen LogP contribution in [0.25, 0.3) is 10.4 Å². The van der Waals surface area contributed by atoms with E-state index in [9.17, 15) is 28.5 Å². The summed E-state index contributed by atoms with van der Waals surface area (Å²) < 4.78 is 38.1. The first-order valence-corrected chi connectivity index (χ1v) is 12.6. The van der Waals surface area contributed by atoms with Crippen molar-refractivity contribution in [1.29, 1.82) is 0 Å². The summed E-state index contributed by atoms with van der Waals surface area (Å²) in [5.41, 5.74) is 1.49. The van der Waals surface area contributed by atoms with Gasteiger partial charge < -0.3 is 14.8 Å². The maximum Gasteiger partial charge on any atom is 0.408 e. The molecule has 1 N–H and O–H groups in total. The molecule has 0 aliphatic heterocycles. The van der Waals surface area contributed by atoms with Crippen molar-refractivity contribution in [2.75, 3.05) is 20.3 Å². The van der Waals surface area contributed by atoms with Crippen molar-refractivity contribution < 1.29 is 32.8 Å². The summed E-state index contributed by atoms with van der Waals surface area (Å²) in [7, 11) is 1.71. The standard InChI is InChI=1S/C26H27F2N3O6S/c1-4-36-25(32)21-14-38-24(17-8-10-18(11-9-17)31(34)35)20(21)13-30(3)15-29-26(33)37-16(2)12-19-22(27)6-5-7-23(19)28/h5-11,14,16H,4,12-13,15H2,1-3H3,(H,29,33). The van der Waals surface area contributed by atoms with Crippen LogP contribution in [-0.4, -0.2) is 48.3 Å². The van der Waals surface area contributed by atoms with Crippen LogP contribution in [0, 0.1) is 21.7 Å². The molecule has 0 saturated heterocycles. The number of carbonyl (C=O) groups is 2. The van der Waals surface area contributed by atoms with Crippen LogP contribution in [0.4, 0.5) is 19.3 Å². The van der Waals surface area contributed by atoms with Gasteiger partial charge in [-0.15, -0.1) is 11.3 Å². The Kier molecular flexibility index (Phi) is 9.85. The highest BCUT2D eigenvalue weighted by atomic mass is 32.1. The number of esters is 1. The average Bonchev–Trinajstić information content (AvgIpc) is 3.28. The lowest BCUT2D eigenvalue weighted by atomic mass is 10.0. The third-order valence-corrected chi connectivity index (χ3v) is 6.58. The minimum Gasteiger partial charge on any atom is -0.462 e. The predicted molar refractivity (Wildman–Crippen MR) is 138 cm³/mol. The SMILES string of the molecule is CCOC(=O)c1csc(-c2ccc([N+](=O)[O-])cc2)c1CN(C)CNC(=O)OC(C)Cc1c(F)cccc1F. The summed E-state index contributed by atoms with van der Waals surface area (Å²) in [5, 5.41) is 15.3. The molecule has 1 atom stereocenters.